The van der Waals surface area contributed by atoms with Gasteiger partial charge in [0, 0.05) is 38.6 Å². The second kappa shape index (κ2) is 6.56. The Kier molecular flexibility index (Phi) is 4.79. The van der Waals surface area contributed by atoms with Crippen LogP contribution in [0.2, 0.25) is 0 Å². The maximum Gasteiger partial charge on any atom is 0.317 e. The highest BCUT2D eigenvalue weighted by molar-refractivity contribution is 5.74. The van der Waals surface area contributed by atoms with Gasteiger partial charge < -0.3 is 19.5 Å². The Labute approximate surface area is 113 Å². The van der Waals surface area contributed by atoms with Crippen LogP contribution < -0.4 is 5.32 Å². The molecule has 0 aromatic carbocycles. The van der Waals surface area contributed by atoms with Crippen molar-refractivity contribution in [3.63, 3.8) is 0 Å². The lowest BCUT2D eigenvalue weighted by Crippen LogP contribution is -2.51. The van der Waals surface area contributed by atoms with E-state index in [1.165, 1.54) is 0 Å². The number of ether oxygens (including phenoxy) is 1. The summed E-state index contributed by atoms with van der Waals surface area (Å²) in [6.45, 7) is 6.87. The molecular weight excluding hydrogens is 244 g/mol. The van der Waals surface area contributed by atoms with Gasteiger partial charge in [0.25, 0.3) is 0 Å². The van der Waals surface area contributed by atoms with Gasteiger partial charge in [0.05, 0.1) is 18.5 Å². The molecule has 1 fully saturated rings. The van der Waals surface area contributed by atoms with Gasteiger partial charge in [-0.25, -0.2) is 9.78 Å². The third kappa shape index (κ3) is 4.24. The minimum atomic E-state index is 0.00707. The normalized spacial score (nSPS) is 23.4. The van der Waals surface area contributed by atoms with Crippen LogP contribution >= 0.6 is 0 Å². The van der Waals surface area contributed by atoms with Crippen LogP contribution in [0.25, 0.3) is 0 Å². The molecular formula is C13H22N4O2. The first kappa shape index (κ1) is 13.9. The molecule has 106 valence electrons. The van der Waals surface area contributed by atoms with Crippen LogP contribution in [0, 0.1) is 0 Å². The molecule has 0 unspecified atom stereocenters. The summed E-state index contributed by atoms with van der Waals surface area (Å²) in [5.74, 6) is 0. The molecule has 0 saturated carbocycles. The number of hydrogen-bond donors (Lipinski definition) is 1. The number of carbonyl (C=O) groups is 1. The molecule has 2 amide bonds. The molecule has 1 aromatic rings. The zero-order valence-electron chi connectivity index (χ0n) is 11.6. The maximum absolute atomic E-state index is 12.0. The Morgan fingerprint density at radius 2 is 2.16 bits per heavy atom. The predicted octanol–water partition coefficient (Wildman–Crippen LogP) is 1.09. The Bertz CT molecular complexity index is 383. The van der Waals surface area contributed by atoms with E-state index in [0.29, 0.717) is 19.6 Å². The molecule has 0 radical (unpaired) electrons. The molecule has 1 aliphatic heterocycles. The Balaban J connectivity index is 1.66. The van der Waals surface area contributed by atoms with Crippen molar-refractivity contribution in [3.8, 4) is 0 Å². The molecule has 6 nitrogen and oxygen atoms in total. The zero-order valence-corrected chi connectivity index (χ0v) is 11.6. The summed E-state index contributed by atoms with van der Waals surface area (Å²) in [5, 5.41) is 2.95. The van der Waals surface area contributed by atoms with Crippen LogP contribution in [0.1, 0.15) is 20.3 Å². The van der Waals surface area contributed by atoms with Crippen molar-refractivity contribution < 1.29 is 9.53 Å². The fraction of sp³-hybridized carbons (Fsp3) is 0.692. The van der Waals surface area contributed by atoms with Crippen LogP contribution in [0.4, 0.5) is 4.79 Å². The average molecular weight is 266 g/mol. The number of urea groups is 1. The van der Waals surface area contributed by atoms with E-state index in [-0.39, 0.29) is 18.2 Å². The monoisotopic (exact) mass is 266 g/mol. The molecule has 0 aliphatic carbocycles. The van der Waals surface area contributed by atoms with Crippen molar-refractivity contribution in [3.05, 3.63) is 18.7 Å². The van der Waals surface area contributed by atoms with Crippen molar-refractivity contribution in [2.24, 2.45) is 0 Å². The first-order chi connectivity index (χ1) is 9.15. The fourth-order valence-corrected chi connectivity index (χ4v) is 2.33. The summed E-state index contributed by atoms with van der Waals surface area (Å²) >= 11 is 0. The van der Waals surface area contributed by atoms with Gasteiger partial charge in [-0.05, 0) is 20.3 Å². The number of rotatable bonds is 4. The second-order valence-electron chi connectivity index (χ2n) is 5.05. The number of aryl methyl sites for hydroxylation is 1. The quantitative estimate of drug-likeness (QED) is 0.830. The zero-order chi connectivity index (χ0) is 13.7. The van der Waals surface area contributed by atoms with Gasteiger partial charge in [-0.3, -0.25) is 0 Å². The van der Waals surface area contributed by atoms with E-state index in [4.69, 9.17) is 4.74 Å². The largest absolute Gasteiger partial charge is 0.372 e. The van der Waals surface area contributed by atoms with Crippen molar-refractivity contribution >= 4 is 6.03 Å². The Hall–Kier alpha value is -1.56. The highest BCUT2D eigenvalue weighted by Gasteiger charge is 2.25. The first-order valence-corrected chi connectivity index (χ1v) is 6.79. The van der Waals surface area contributed by atoms with E-state index < -0.39 is 0 Å². The first-order valence-electron chi connectivity index (χ1n) is 6.79. The van der Waals surface area contributed by atoms with E-state index in [0.717, 1.165) is 13.0 Å². The number of imidazole rings is 1. The van der Waals surface area contributed by atoms with E-state index in [2.05, 4.69) is 10.3 Å². The van der Waals surface area contributed by atoms with Crippen LogP contribution in [0.15, 0.2) is 18.7 Å². The molecule has 19 heavy (non-hydrogen) atoms. The third-order valence-electron chi connectivity index (χ3n) is 3.14. The molecule has 0 bridgehead atoms. The number of aromatic nitrogens is 2. The van der Waals surface area contributed by atoms with Crippen LogP contribution in [0.3, 0.4) is 0 Å². The Morgan fingerprint density at radius 3 is 2.79 bits per heavy atom. The summed E-state index contributed by atoms with van der Waals surface area (Å²) in [6.07, 6.45) is 6.59. The second-order valence-corrected chi connectivity index (χ2v) is 5.05. The SMILES string of the molecule is C[C@H]1CN(C(=O)NCCCn2ccnc2)C[C@H](C)O1. The van der Waals surface area contributed by atoms with Crippen LogP contribution in [-0.2, 0) is 11.3 Å². The number of carbonyl (C=O) groups excluding carboxylic acids is 1. The summed E-state index contributed by atoms with van der Waals surface area (Å²) in [4.78, 5) is 17.8. The van der Waals surface area contributed by atoms with Crippen LogP contribution in [0.5, 0.6) is 0 Å². The number of hydrogen-bond acceptors (Lipinski definition) is 3. The lowest BCUT2D eigenvalue weighted by atomic mass is 10.2. The topological polar surface area (TPSA) is 59.4 Å². The van der Waals surface area contributed by atoms with Gasteiger partial charge in [0.2, 0.25) is 0 Å². The molecule has 1 aliphatic rings. The number of nitrogens with zero attached hydrogens (tertiary/aromatic N) is 3. The lowest BCUT2D eigenvalue weighted by molar-refractivity contribution is -0.0545. The summed E-state index contributed by atoms with van der Waals surface area (Å²) in [6, 6.07) is 0.00707. The highest BCUT2D eigenvalue weighted by atomic mass is 16.5. The number of amides is 2. The summed E-state index contributed by atoms with van der Waals surface area (Å²) in [5.41, 5.74) is 0. The van der Waals surface area contributed by atoms with Gasteiger partial charge in [-0.15, -0.1) is 0 Å². The van der Waals surface area contributed by atoms with E-state index >= 15 is 0 Å². The standard InChI is InChI=1S/C13H22N4O2/c1-11-8-17(9-12(2)19-11)13(18)15-4-3-6-16-7-5-14-10-16/h5,7,10-12H,3-4,6,8-9H2,1-2H3,(H,15,18)/t11-,12-/m0/s1. The summed E-state index contributed by atoms with van der Waals surface area (Å²) in [7, 11) is 0. The average Bonchev–Trinajstić information content (AvgIpc) is 2.86. The van der Waals surface area contributed by atoms with Crippen molar-refractivity contribution in [2.45, 2.75) is 39.0 Å². The van der Waals surface area contributed by atoms with Crippen molar-refractivity contribution in [1.29, 1.82) is 0 Å². The maximum atomic E-state index is 12.0. The predicted molar refractivity (Wildman–Crippen MR) is 71.8 cm³/mol. The van der Waals surface area contributed by atoms with E-state index in [1.54, 1.807) is 12.5 Å². The van der Waals surface area contributed by atoms with E-state index in [1.807, 2.05) is 29.5 Å². The molecule has 2 heterocycles. The molecule has 1 saturated heterocycles. The van der Waals surface area contributed by atoms with E-state index in [9.17, 15) is 4.79 Å². The van der Waals surface area contributed by atoms with Gasteiger partial charge in [-0.1, -0.05) is 0 Å². The molecule has 1 aromatic heterocycles. The van der Waals surface area contributed by atoms with Gasteiger partial charge in [-0.2, -0.15) is 0 Å². The minimum Gasteiger partial charge on any atom is -0.372 e. The fourth-order valence-electron chi connectivity index (χ4n) is 2.33. The third-order valence-corrected chi connectivity index (χ3v) is 3.14. The highest BCUT2D eigenvalue weighted by Crippen LogP contribution is 2.10. The van der Waals surface area contributed by atoms with Crippen LogP contribution in [-0.4, -0.2) is 52.3 Å². The number of morpholine rings is 1. The molecule has 6 heteroatoms. The molecule has 1 N–H and O–H groups in total. The smallest absolute Gasteiger partial charge is 0.317 e. The van der Waals surface area contributed by atoms with Gasteiger partial charge in [0.1, 0.15) is 0 Å². The number of nitrogens with one attached hydrogen (secondary N) is 1. The van der Waals surface area contributed by atoms with Crippen molar-refractivity contribution in [2.75, 3.05) is 19.6 Å². The molecule has 0 spiro atoms. The molecule has 2 atom stereocenters. The molecule has 2 rings (SSSR count). The Morgan fingerprint density at radius 1 is 1.42 bits per heavy atom. The van der Waals surface area contributed by atoms with Gasteiger partial charge >= 0.3 is 6.03 Å². The van der Waals surface area contributed by atoms with Gasteiger partial charge in [0.15, 0.2) is 0 Å². The van der Waals surface area contributed by atoms with Crippen molar-refractivity contribution in [1.82, 2.24) is 19.8 Å². The lowest BCUT2D eigenvalue weighted by Gasteiger charge is -2.35. The summed E-state index contributed by atoms with van der Waals surface area (Å²) < 4.78 is 7.61. The minimum absolute atomic E-state index is 0.00707.